The molecule has 6 heteroatoms. The Hall–Kier alpha value is -1.56. The van der Waals surface area contributed by atoms with Gasteiger partial charge < -0.3 is 14.4 Å². The Morgan fingerprint density at radius 3 is 2.77 bits per heavy atom. The van der Waals surface area contributed by atoms with Crippen LogP contribution in [0.2, 0.25) is 0 Å². The summed E-state index contributed by atoms with van der Waals surface area (Å²) in [4.78, 5) is 13.9. The number of aromatic amines is 1. The molecule has 1 amide bonds. The van der Waals surface area contributed by atoms with Gasteiger partial charge in [-0.05, 0) is 40.0 Å². The van der Waals surface area contributed by atoms with E-state index in [2.05, 4.69) is 10.2 Å². The minimum Gasteiger partial charge on any atom is -0.444 e. The summed E-state index contributed by atoms with van der Waals surface area (Å²) in [6.07, 6.45) is 2.66. The van der Waals surface area contributed by atoms with E-state index in [1.54, 1.807) is 4.90 Å². The Morgan fingerprint density at radius 1 is 1.36 bits per heavy atom. The van der Waals surface area contributed by atoms with Crippen LogP contribution in [0.1, 0.15) is 56.5 Å². The van der Waals surface area contributed by atoms with Gasteiger partial charge in [-0.3, -0.25) is 5.10 Å². The molecule has 2 aliphatic rings. The average Bonchev–Trinajstić information content (AvgIpc) is 2.89. The number of hydrogen-bond donors (Lipinski definition) is 1. The number of carbonyl (C=O) groups excluding carboxylic acids is 1. The van der Waals surface area contributed by atoms with Crippen molar-refractivity contribution in [3.05, 3.63) is 17.0 Å². The van der Waals surface area contributed by atoms with Crippen LogP contribution < -0.4 is 0 Å². The highest BCUT2D eigenvalue weighted by molar-refractivity contribution is 5.68. The zero-order valence-corrected chi connectivity index (χ0v) is 13.6. The van der Waals surface area contributed by atoms with Crippen LogP contribution in [0.4, 0.5) is 4.79 Å². The number of rotatable bonds is 1. The molecule has 1 saturated heterocycles. The highest BCUT2D eigenvalue weighted by Crippen LogP contribution is 2.32. The summed E-state index contributed by atoms with van der Waals surface area (Å²) in [7, 11) is 0. The molecule has 2 aliphatic heterocycles. The summed E-state index contributed by atoms with van der Waals surface area (Å²) < 4.78 is 10.9. The SMILES string of the molecule is CC(C)(C)OC(=O)N1CCc2c(C3CCOCC3)n[nH]c2C1. The molecule has 3 rings (SSSR count). The third kappa shape index (κ3) is 3.27. The zero-order valence-electron chi connectivity index (χ0n) is 13.6. The van der Waals surface area contributed by atoms with Gasteiger partial charge in [-0.2, -0.15) is 5.10 Å². The van der Waals surface area contributed by atoms with E-state index in [4.69, 9.17) is 9.47 Å². The highest BCUT2D eigenvalue weighted by Gasteiger charge is 2.30. The standard InChI is InChI=1S/C16H25N3O3/c1-16(2,3)22-15(20)19-7-4-12-13(10-19)17-18-14(12)11-5-8-21-9-6-11/h11H,4-10H2,1-3H3,(H,17,18). The number of amides is 1. The third-order valence-electron chi connectivity index (χ3n) is 4.23. The summed E-state index contributed by atoms with van der Waals surface area (Å²) >= 11 is 0. The molecule has 0 spiro atoms. The maximum absolute atomic E-state index is 12.2. The van der Waals surface area contributed by atoms with Gasteiger partial charge in [0.2, 0.25) is 0 Å². The van der Waals surface area contributed by atoms with E-state index in [0.29, 0.717) is 19.0 Å². The van der Waals surface area contributed by atoms with Gasteiger partial charge >= 0.3 is 6.09 Å². The van der Waals surface area contributed by atoms with Gasteiger partial charge in [-0.1, -0.05) is 0 Å². The minimum absolute atomic E-state index is 0.250. The number of aromatic nitrogens is 2. The van der Waals surface area contributed by atoms with E-state index in [9.17, 15) is 4.79 Å². The van der Waals surface area contributed by atoms with Crippen molar-refractivity contribution in [2.45, 2.75) is 58.1 Å². The monoisotopic (exact) mass is 307 g/mol. The number of nitrogens with zero attached hydrogens (tertiary/aromatic N) is 2. The molecular formula is C16H25N3O3. The van der Waals surface area contributed by atoms with Crippen molar-refractivity contribution in [1.82, 2.24) is 15.1 Å². The molecular weight excluding hydrogens is 282 g/mol. The highest BCUT2D eigenvalue weighted by atomic mass is 16.6. The van der Waals surface area contributed by atoms with Crippen molar-refractivity contribution < 1.29 is 14.3 Å². The molecule has 1 aromatic rings. The number of H-pyrrole nitrogens is 1. The van der Waals surface area contributed by atoms with Gasteiger partial charge in [0.05, 0.1) is 17.9 Å². The van der Waals surface area contributed by atoms with Crippen LogP contribution in [0.15, 0.2) is 0 Å². The zero-order chi connectivity index (χ0) is 15.7. The maximum Gasteiger partial charge on any atom is 0.410 e. The Morgan fingerprint density at radius 2 is 2.09 bits per heavy atom. The molecule has 1 aromatic heterocycles. The molecule has 0 aliphatic carbocycles. The van der Waals surface area contributed by atoms with Crippen LogP contribution in [0.25, 0.3) is 0 Å². The van der Waals surface area contributed by atoms with Gasteiger partial charge in [-0.15, -0.1) is 0 Å². The van der Waals surface area contributed by atoms with E-state index in [0.717, 1.165) is 38.2 Å². The molecule has 1 N–H and O–H groups in total. The molecule has 0 radical (unpaired) electrons. The maximum atomic E-state index is 12.2. The van der Waals surface area contributed by atoms with Crippen molar-refractivity contribution in [2.75, 3.05) is 19.8 Å². The first-order chi connectivity index (χ1) is 10.4. The summed E-state index contributed by atoms with van der Waals surface area (Å²) in [6, 6.07) is 0. The largest absolute Gasteiger partial charge is 0.444 e. The van der Waals surface area contributed by atoms with Crippen molar-refractivity contribution in [3.63, 3.8) is 0 Å². The summed E-state index contributed by atoms with van der Waals surface area (Å²) in [5.74, 6) is 0.488. The van der Waals surface area contributed by atoms with Gasteiger partial charge in [0.15, 0.2) is 0 Å². The van der Waals surface area contributed by atoms with Crippen LogP contribution in [-0.4, -0.2) is 46.6 Å². The Labute approximate surface area is 131 Å². The Balaban J connectivity index is 1.69. The Kier molecular flexibility index (Phi) is 4.12. The number of hydrogen-bond acceptors (Lipinski definition) is 4. The molecule has 0 bridgehead atoms. The second kappa shape index (κ2) is 5.91. The number of carbonyl (C=O) groups is 1. The number of ether oxygens (including phenoxy) is 2. The van der Waals surface area contributed by atoms with Crippen molar-refractivity contribution in [1.29, 1.82) is 0 Å². The van der Waals surface area contributed by atoms with E-state index in [-0.39, 0.29) is 6.09 Å². The third-order valence-corrected chi connectivity index (χ3v) is 4.23. The molecule has 0 aromatic carbocycles. The predicted molar refractivity (Wildman–Crippen MR) is 81.7 cm³/mol. The average molecular weight is 307 g/mol. The van der Waals surface area contributed by atoms with E-state index >= 15 is 0 Å². The number of nitrogens with one attached hydrogen (secondary N) is 1. The first-order valence-corrected chi connectivity index (χ1v) is 8.06. The van der Waals surface area contributed by atoms with Crippen molar-refractivity contribution in [3.8, 4) is 0 Å². The van der Waals surface area contributed by atoms with Crippen molar-refractivity contribution in [2.24, 2.45) is 0 Å². The van der Waals surface area contributed by atoms with Crippen LogP contribution in [0, 0.1) is 0 Å². The lowest BCUT2D eigenvalue weighted by Crippen LogP contribution is -2.40. The molecule has 0 saturated carbocycles. The van der Waals surface area contributed by atoms with Gasteiger partial charge in [0.1, 0.15) is 5.60 Å². The van der Waals surface area contributed by atoms with E-state index < -0.39 is 5.60 Å². The smallest absolute Gasteiger partial charge is 0.410 e. The van der Waals surface area contributed by atoms with Crippen LogP contribution >= 0.6 is 0 Å². The molecule has 1 fully saturated rings. The lowest BCUT2D eigenvalue weighted by atomic mass is 9.91. The topological polar surface area (TPSA) is 67.4 Å². The Bertz CT molecular complexity index is 541. The van der Waals surface area contributed by atoms with Gasteiger partial charge in [0.25, 0.3) is 0 Å². The first kappa shape index (κ1) is 15.3. The quantitative estimate of drug-likeness (QED) is 0.866. The molecule has 0 unspecified atom stereocenters. The second-order valence-corrected chi connectivity index (χ2v) is 7.10. The molecule has 6 nitrogen and oxygen atoms in total. The molecule has 3 heterocycles. The van der Waals surface area contributed by atoms with Crippen LogP contribution in [0.5, 0.6) is 0 Å². The fourth-order valence-corrected chi connectivity index (χ4v) is 3.13. The van der Waals surface area contributed by atoms with Crippen LogP contribution in [0.3, 0.4) is 0 Å². The normalized spacial score (nSPS) is 19.9. The van der Waals surface area contributed by atoms with Gasteiger partial charge in [0, 0.05) is 31.2 Å². The summed E-state index contributed by atoms with van der Waals surface area (Å²) in [6.45, 7) is 8.55. The number of fused-ring (bicyclic) bond motifs is 1. The van der Waals surface area contributed by atoms with Crippen LogP contribution in [-0.2, 0) is 22.4 Å². The van der Waals surface area contributed by atoms with E-state index in [1.807, 2.05) is 20.8 Å². The van der Waals surface area contributed by atoms with E-state index in [1.165, 1.54) is 11.3 Å². The molecule has 22 heavy (non-hydrogen) atoms. The summed E-state index contributed by atoms with van der Waals surface area (Å²) in [5.41, 5.74) is 3.07. The molecule has 122 valence electrons. The van der Waals surface area contributed by atoms with Crippen molar-refractivity contribution >= 4 is 6.09 Å². The second-order valence-electron chi connectivity index (χ2n) is 7.10. The first-order valence-electron chi connectivity index (χ1n) is 8.06. The lowest BCUT2D eigenvalue weighted by Gasteiger charge is -2.30. The minimum atomic E-state index is -0.460. The fourth-order valence-electron chi connectivity index (χ4n) is 3.13. The molecule has 0 atom stereocenters. The fraction of sp³-hybridized carbons (Fsp3) is 0.750. The lowest BCUT2D eigenvalue weighted by molar-refractivity contribution is 0.0221. The van der Waals surface area contributed by atoms with Gasteiger partial charge in [-0.25, -0.2) is 4.79 Å². The predicted octanol–water partition coefficient (Wildman–Crippen LogP) is 2.60. The summed E-state index contributed by atoms with van der Waals surface area (Å²) in [5, 5.41) is 7.66.